The summed E-state index contributed by atoms with van der Waals surface area (Å²) in [6.45, 7) is 3.53. The lowest BCUT2D eigenvalue weighted by atomic mass is 9.89. The van der Waals surface area contributed by atoms with Gasteiger partial charge in [-0.25, -0.2) is 0 Å². The number of phenols is 1. The zero-order valence-corrected chi connectivity index (χ0v) is 12.5. The molecule has 1 aromatic carbocycles. The van der Waals surface area contributed by atoms with Crippen molar-refractivity contribution in [1.82, 2.24) is 4.57 Å². The summed E-state index contributed by atoms with van der Waals surface area (Å²) in [5.41, 5.74) is 0.392. The Kier molecular flexibility index (Phi) is 3.80. The molecule has 0 aliphatic heterocycles. The van der Waals surface area contributed by atoms with Crippen molar-refractivity contribution in [2.24, 2.45) is 0 Å². The van der Waals surface area contributed by atoms with Gasteiger partial charge in [0.25, 0.3) is 0 Å². The minimum Gasteiger partial charge on any atom is -0.508 e. The van der Waals surface area contributed by atoms with E-state index in [4.69, 9.17) is 0 Å². The highest BCUT2D eigenvalue weighted by Crippen LogP contribution is 2.26. The highest BCUT2D eigenvalue weighted by molar-refractivity contribution is 9.10. The van der Waals surface area contributed by atoms with Gasteiger partial charge in [0.05, 0.1) is 0 Å². The van der Waals surface area contributed by atoms with Gasteiger partial charge in [0, 0.05) is 23.3 Å². The largest absolute Gasteiger partial charge is 0.508 e. The molecule has 100 valence electrons. The minimum atomic E-state index is -0.622. The third kappa shape index (κ3) is 2.89. The number of phenolic OH excluding ortho intramolecular Hbond substituents is 1. The first kappa shape index (κ1) is 13.9. The summed E-state index contributed by atoms with van der Waals surface area (Å²) >= 11 is 3.40. The van der Waals surface area contributed by atoms with E-state index in [2.05, 4.69) is 15.9 Å². The number of nitrogens with zero attached hydrogens (tertiary/aromatic N) is 1. The summed E-state index contributed by atoms with van der Waals surface area (Å²) < 4.78 is 2.87. The van der Waals surface area contributed by atoms with Crippen LogP contribution in [0.2, 0.25) is 0 Å². The van der Waals surface area contributed by atoms with Crippen LogP contribution in [0.15, 0.2) is 47.2 Å². The molecule has 0 radical (unpaired) electrons. The van der Waals surface area contributed by atoms with Crippen LogP contribution in [0.1, 0.15) is 19.4 Å². The third-order valence-electron chi connectivity index (χ3n) is 3.47. The van der Waals surface area contributed by atoms with E-state index in [-0.39, 0.29) is 11.5 Å². The van der Waals surface area contributed by atoms with Crippen LogP contribution in [-0.2, 0) is 16.8 Å². The summed E-state index contributed by atoms with van der Waals surface area (Å²) in [4.78, 5) is 12.1. The Morgan fingerprint density at radius 3 is 2.42 bits per heavy atom. The Balaban J connectivity index is 2.35. The SMILES string of the molecule is CC(=O)[C@](C)(Cc1ccc(O)cc1)n1ccc(Br)c1. The average Bonchev–Trinajstić information content (AvgIpc) is 2.79. The third-order valence-corrected chi connectivity index (χ3v) is 3.94. The van der Waals surface area contributed by atoms with Gasteiger partial charge in [-0.2, -0.15) is 0 Å². The van der Waals surface area contributed by atoms with Crippen molar-refractivity contribution in [2.45, 2.75) is 25.8 Å². The fraction of sp³-hybridized carbons (Fsp3) is 0.267. The molecular formula is C15H16BrNO2. The van der Waals surface area contributed by atoms with Crippen LogP contribution in [-0.4, -0.2) is 15.5 Å². The quantitative estimate of drug-likeness (QED) is 0.936. The van der Waals surface area contributed by atoms with E-state index in [1.807, 2.05) is 42.1 Å². The van der Waals surface area contributed by atoms with E-state index in [9.17, 15) is 9.90 Å². The maximum absolute atomic E-state index is 12.1. The van der Waals surface area contributed by atoms with E-state index in [1.165, 1.54) is 0 Å². The molecule has 0 fully saturated rings. The second kappa shape index (κ2) is 5.21. The standard InChI is InChI=1S/C15H16BrNO2/c1-11(18)15(2,17-8-7-13(16)10-17)9-12-3-5-14(19)6-4-12/h3-8,10,19H,9H2,1-2H3/t15-/m0/s1. The van der Waals surface area contributed by atoms with Crippen molar-refractivity contribution in [1.29, 1.82) is 0 Å². The smallest absolute Gasteiger partial charge is 0.155 e. The minimum absolute atomic E-state index is 0.101. The summed E-state index contributed by atoms with van der Waals surface area (Å²) in [6, 6.07) is 8.88. The van der Waals surface area contributed by atoms with E-state index in [0.29, 0.717) is 6.42 Å². The lowest BCUT2D eigenvalue weighted by molar-refractivity contribution is -0.124. The van der Waals surface area contributed by atoms with Gasteiger partial charge >= 0.3 is 0 Å². The fourth-order valence-electron chi connectivity index (χ4n) is 2.09. The second-order valence-corrected chi connectivity index (χ2v) is 5.83. The van der Waals surface area contributed by atoms with Crippen LogP contribution in [0.4, 0.5) is 0 Å². The highest BCUT2D eigenvalue weighted by atomic mass is 79.9. The zero-order chi connectivity index (χ0) is 14.0. The van der Waals surface area contributed by atoms with Gasteiger partial charge in [-0.05, 0) is 53.5 Å². The number of hydrogen-bond acceptors (Lipinski definition) is 2. The van der Waals surface area contributed by atoms with E-state index >= 15 is 0 Å². The Hall–Kier alpha value is -1.55. The second-order valence-electron chi connectivity index (χ2n) is 4.91. The van der Waals surface area contributed by atoms with Crippen LogP contribution in [0.25, 0.3) is 0 Å². The Bertz CT molecular complexity index is 588. The Labute approximate surface area is 121 Å². The number of aromatic nitrogens is 1. The zero-order valence-electron chi connectivity index (χ0n) is 10.9. The predicted octanol–water partition coefficient (Wildman–Crippen LogP) is 3.50. The fourth-order valence-corrected chi connectivity index (χ4v) is 2.43. The molecule has 0 saturated carbocycles. The molecule has 4 heteroatoms. The average molecular weight is 322 g/mol. The summed E-state index contributed by atoms with van der Waals surface area (Å²) in [5.74, 6) is 0.334. The van der Waals surface area contributed by atoms with Gasteiger partial charge in [-0.1, -0.05) is 12.1 Å². The van der Waals surface area contributed by atoms with Crippen molar-refractivity contribution >= 4 is 21.7 Å². The van der Waals surface area contributed by atoms with Gasteiger partial charge < -0.3 is 9.67 Å². The molecule has 1 atom stereocenters. The number of ketones is 1. The molecule has 0 saturated heterocycles. The topological polar surface area (TPSA) is 42.2 Å². The van der Waals surface area contributed by atoms with Gasteiger partial charge in [0.15, 0.2) is 5.78 Å². The normalized spacial score (nSPS) is 14.1. The van der Waals surface area contributed by atoms with Crippen molar-refractivity contribution < 1.29 is 9.90 Å². The predicted molar refractivity (Wildman–Crippen MR) is 78.3 cm³/mol. The van der Waals surface area contributed by atoms with Crippen LogP contribution in [0.3, 0.4) is 0 Å². The molecule has 1 N–H and O–H groups in total. The number of benzene rings is 1. The van der Waals surface area contributed by atoms with E-state index in [0.717, 1.165) is 10.0 Å². The van der Waals surface area contributed by atoms with Gasteiger partial charge in [0.2, 0.25) is 0 Å². The van der Waals surface area contributed by atoms with Gasteiger partial charge in [-0.15, -0.1) is 0 Å². The van der Waals surface area contributed by atoms with Crippen molar-refractivity contribution in [3.63, 3.8) is 0 Å². The molecule has 0 amide bonds. The molecule has 1 heterocycles. The molecule has 0 unspecified atom stereocenters. The molecule has 3 nitrogen and oxygen atoms in total. The van der Waals surface area contributed by atoms with Gasteiger partial charge in [-0.3, -0.25) is 4.79 Å². The molecule has 1 aromatic heterocycles. The first-order valence-corrected chi connectivity index (χ1v) is 6.84. The lowest BCUT2D eigenvalue weighted by Crippen LogP contribution is -2.38. The van der Waals surface area contributed by atoms with Crippen molar-refractivity contribution in [2.75, 3.05) is 0 Å². The Morgan fingerprint density at radius 1 is 1.32 bits per heavy atom. The summed E-state index contributed by atoms with van der Waals surface area (Å²) in [5, 5.41) is 9.31. The maximum atomic E-state index is 12.1. The lowest BCUT2D eigenvalue weighted by Gasteiger charge is -2.29. The summed E-state index contributed by atoms with van der Waals surface area (Å²) in [7, 11) is 0. The maximum Gasteiger partial charge on any atom is 0.155 e. The number of Topliss-reactive ketones (excluding diaryl/α,β-unsaturated/α-hetero) is 1. The monoisotopic (exact) mass is 321 g/mol. The molecule has 2 rings (SSSR count). The number of rotatable bonds is 4. The van der Waals surface area contributed by atoms with Crippen molar-refractivity contribution in [3.8, 4) is 5.75 Å². The number of hydrogen-bond donors (Lipinski definition) is 1. The first-order valence-electron chi connectivity index (χ1n) is 6.05. The first-order chi connectivity index (χ1) is 8.91. The molecular weight excluding hydrogens is 306 g/mol. The van der Waals surface area contributed by atoms with E-state index < -0.39 is 5.54 Å². The van der Waals surface area contributed by atoms with Crippen LogP contribution >= 0.6 is 15.9 Å². The highest BCUT2D eigenvalue weighted by Gasteiger charge is 2.31. The number of halogens is 1. The number of carbonyl (C=O) groups is 1. The molecule has 0 aliphatic rings. The van der Waals surface area contributed by atoms with Crippen LogP contribution in [0.5, 0.6) is 5.75 Å². The molecule has 0 bridgehead atoms. The molecule has 0 aliphatic carbocycles. The number of aromatic hydroxyl groups is 1. The Morgan fingerprint density at radius 2 is 1.95 bits per heavy atom. The molecule has 2 aromatic rings. The van der Waals surface area contributed by atoms with Gasteiger partial charge in [0.1, 0.15) is 11.3 Å². The number of carbonyl (C=O) groups excluding carboxylic acids is 1. The molecule has 0 spiro atoms. The molecule has 19 heavy (non-hydrogen) atoms. The van der Waals surface area contributed by atoms with Crippen LogP contribution in [0, 0.1) is 0 Å². The van der Waals surface area contributed by atoms with E-state index in [1.54, 1.807) is 19.1 Å². The van der Waals surface area contributed by atoms with Crippen LogP contribution < -0.4 is 0 Å². The summed E-state index contributed by atoms with van der Waals surface area (Å²) in [6.07, 6.45) is 4.39. The van der Waals surface area contributed by atoms with Crippen molar-refractivity contribution in [3.05, 3.63) is 52.8 Å².